The summed E-state index contributed by atoms with van der Waals surface area (Å²) in [5, 5.41) is 12.1. The lowest BCUT2D eigenvalue weighted by Crippen LogP contribution is -2.57. The molecule has 5 aliphatic rings. The number of fused-ring (bicyclic) bond motifs is 5. The van der Waals surface area contributed by atoms with Gasteiger partial charge in [-0.15, -0.1) is 0 Å². The molecule has 1 saturated heterocycles. The average molecular weight is 505 g/mol. The van der Waals surface area contributed by atoms with Crippen LogP contribution in [0.5, 0.6) is 0 Å². The van der Waals surface area contributed by atoms with E-state index in [1.54, 1.807) is 0 Å². The topological polar surface area (TPSA) is 38.7 Å². The predicted octanol–water partition coefficient (Wildman–Crippen LogP) is 7.97. The molecule has 35 heavy (non-hydrogen) atoms. The van der Waals surface area contributed by atoms with Gasteiger partial charge in [0.2, 0.25) is 0 Å². The summed E-state index contributed by atoms with van der Waals surface area (Å²) in [5.74, 6) is 3.75. The minimum atomic E-state index is -1.71. The Bertz CT molecular complexity index is 781. The highest BCUT2D eigenvalue weighted by Gasteiger charge is 2.63. The summed E-state index contributed by atoms with van der Waals surface area (Å²) in [7, 11) is -1.71. The van der Waals surface area contributed by atoms with Gasteiger partial charge in [-0.05, 0) is 136 Å². The zero-order valence-electron chi connectivity index (χ0n) is 24.3. The Kier molecular flexibility index (Phi) is 6.72. The van der Waals surface area contributed by atoms with E-state index in [0.29, 0.717) is 22.5 Å². The maximum Gasteiger partial charge on any atom is 0.192 e. The van der Waals surface area contributed by atoms with Crippen LogP contribution in [0.1, 0.15) is 112 Å². The summed E-state index contributed by atoms with van der Waals surface area (Å²) in [6, 6.07) is 0. The van der Waals surface area contributed by atoms with Crippen molar-refractivity contribution in [2.75, 3.05) is 6.61 Å². The molecule has 0 unspecified atom stereocenters. The van der Waals surface area contributed by atoms with Gasteiger partial charge in [0.1, 0.15) is 0 Å². The summed E-state index contributed by atoms with van der Waals surface area (Å²) in [5.41, 5.74) is 0.0995. The molecule has 1 N–H and O–H groups in total. The quantitative estimate of drug-likeness (QED) is 0.395. The van der Waals surface area contributed by atoms with E-state index in [-0.39, 0.29) is 11.5 Å². The van der Waals surface area contributed by atoms with E-state index in [1.165, 1.54) is 57.8 Å². The molecule has 0 radical (unpaired) electrons. The van der Waals surface area contributed by atoms with Gasteiger partial charge in [-0.1, -0.05) is 34.6 Å². The lowest BCUT2D eigenvalue weighted by molar-refractivity contribution is -0.167. The fraction of sp³-hybridized carbons (Fsp3) is 1.00. The third kappa shape index (κ3) is 4.23. The molecular formula is C31H56O3Si. The summed E-state index contributed by atoms with van der Waals surface area (Å²) < 4.78 is 13.0. The Hall–Kier alpha value is 0.0969. The maximum absolute atomic E-state index is 11.8. The van der Waals surface area contributed by atoms with Crippen molar-refractivity contribution in [3.63, 3.8) is 0 Å². The van der Waals surface area contributed by atoms with Crippen LogP contribution in [0.3, 0.4) is 0 Å². The summed E-state index contributed by atoms with van der Waals surface area (Å²) in [6.45, 7) is 20.2. The van der Waals surface area contributed by atoms with Crippen LogP contribution >= 0.6 is 0 Å². The largest absolute Gasteiger partial charge is 0.414 e. The van der Waals surface area contributed by atoms with E-state index in [2.05, 4.69) is 54.6 Å². The lowest BCUT2D eigenvalue weighted by atomic mass is 9.44. The zero-order valence-corrected chi connectivity index (χ0v) is 25.3. The monoisotopic (exact) mass is 504 g/mol. The van der Waals surface area contributed by atoms with Gasteiger partial charge in [0.05, 0.1) is 11.7 Å². The molecule has 10 atom stereocenters. The van der Waals surface area contributed by atoms with Gasteiger partial charge in [-0.2, -0.15) is 0 Å². The fourth-order valence-corrected chi connectivity index (χ4v) is 11.5. The van der Waals surface area contributed by atoms with E-state index < -0.39 is 13.9 Å². The van der Waals surface area contributed by atoms with Crippen LogP contribution in [0.25, 0.3) is 0 Å². The Balaban J connectivity index is 1.30. The third-order valence-electron chi connectivity index (χ3n) is 13.2. The Labute approximate surface area is 217 Å². The molecule has 202 valence electrons. The zero-order chi connectivity index (χ0) is 25.4. The summed E-state index contributed by atoms with van der Waals surface area (Å²) in [4.78, 5) is 0. The summed E-state index contributed by atoms with van der Waals surface area (Å²) in [6.07, 6.45) is 14.6. The Morgan fingerprint density at radius 2 is 1.54 bits per heavy atom. The van der Waals surface area contributed by atoms with Gasteiger partial charge in [-0.25, -0.2) is 0 Å². The van der Waals surface area contributed by atoms with Crippen molar-refractivity contribution in [1.82, 2.24) is 0 Å². The fourth-order valence-electron chi connectivity index (χ4n) is 10.1. The number of rotatable bonds is 4. The minimum absolute atomic E-state index is 0.0465. The third-order valence-corrected chi connectivity index (χ3v) is 17.7. The second-order valence-electron chi connectivity index (χ2n) is 15.8. The second kappa shape index (κ2) is 8.81. The molecule has 1 heterocycles. The van der Waals surface area contributed by atoms with Crippen molar-refractivity contribution in [2.45, 2.75) is 148 Å². The molecule has 0 amide bonds. The van der Waals surface area contributed by atoms with Gasteiger partial charge >= 0.3 is 0 Å². The van der Waals surface area contributed by atoms with Gasteiger partial charge in [-0.3, -0.25) is 0 Å². The van der Waals surface area contributed by atoms with E-state index in [9.17, 15) is 5.11 Å². The molecule has 0 aromatic carbocycles. The molecule has 4 saturated carbocycles. The van der Waals surface area contributed by atoms with Gasteiger partial charge in [0.25, 0.3) is 0 Å². The first kappa shape index (κ1) is 26.7. The highest BCUT2D eigenvalue weighted by molar-refractivity contribution is 6.74. The molecular weight excluding hydrogens is 448 g/mol. The van der Waals surface area contributed by atoms with E-state index in [0.717, 1.165) is 43.1 Å². The van der Waals surface area contributed by atoms with E-state index in [4.69, 9.17) is 9.16 Å². The molecule has 3 nitrogen and oxygen atoms in total. The molecule has 0 aromatic rings. The molecule has 0 spiro atoms. The predicted molar refractivity (Wildman–Crippen MR) is 147 cm³/mol. The van der Waals surface area contributed by atoms with Crippen LogP contribution < -0.4 is 0 Å². The molecule has 1 aliphatic heterocycles. The first-order valence-corrected chi connectivity index (χ1v) is 18.1. The highest BCUT2D eigenvalue weighted by atomic mass is 28.4. The Morgan fingerprint density at radius 3 is 2.20 bits per heavy atom. The van der Waals surface area contributed by atoms with Gasteiger partial charge in [0.15, 0.2) is 8.32 Å². The number of aliphatic hydroxyl groups is 1. The Morgan fingerprint density at radius 1 is 0.857 bits per heavy atom. The average Bonchev–Trinajstić information content (AvgIpc) is 3.41. The maximum atomic E-state index is 11.8. The van der Waals surface area contributed by atoms with Gasteiger partial charge < -0.3 is 14.3 Å². The van der Waals surface area contributed by atoms with Crippen LogP contribution in [-0.4, -0.2) is 37.8 Å². The van der Waals surface area contributed by atoms with E-state index >= 15 is 0 Å². The molecule has 5 rings (SSSR count). The van der Waals surface area contributed by atoms with Gasteiger partial charge in [0, 0.05) is 12.7 Å². The van der Waals surface area contributed by atoms with Crippen LogP contribution in [-0.2, 0) is 9.16 Å². The van der Waals surface area contributed by atoms with Crippen molar-refractivity contribution in [3.05, 3.63) is 0 Å². The number of ether oxygens (including phenoxy) is 1. The lowest BCUT2D eigenvalue weighted by Gasteiger charge is -2.62. The van der Waals surface area contributed by atoms with Crippen LogP contribution in [0.4, 0.5) is 0 Å². The van der Waals surface area contributed by atoms with Crippen molar-refractivity contribution in [2.24, 2.45) is 40.4 Å². The molecule has 4 heteroatoms. The number of hydrogen-bond donors (Lipinski definition) is 1. The summed E-state index contributed by atoms with van der Waals surface area (Å²) >= 11 is 0. The van der Waals surface area contributed by atoms with Crippen molar-refractivity contribution >= 4 is 8.32 Å². The highest BCUT2D eigenvalue weighted by Crippen LogP contribution is 2.69. The SMILES string of the molecule is CC(C)(C)[Si](C)(C)O[C@H]1CC[C@@]2(C)[C@@H](CC[C@@H]3[C@@H]2CC[C@]2(C)[C@@H]([C@@](C)(O)[C@@H]4CCCO4)CC[C@@H]32)C1. The van der Waals surface area contributed by atoms with Crippen LogP contribution in [0.15, 0.2) is 0 Å². The molecule has 4 aliphatic carbocycles. The molecule has 5 fully saturated rings. The number of hydrogen-bond acceptors (Lipinski definition) is 3. The smallest absolute Gasteiger partial charge is 0.192 e. The molecule has 0 bridgehead atoms. The standard InChI is InChI=1S/C31H56O3Si/c1-28(2,3)35(7,8)34-22-15-17-29(4)21(20-22)11-12-23-24-13-14-26(30(24,5)18-16-25(23)29)31(6,32)27-10-9-19-33-27/h21-27,32H,9-20H2,1-8H3/t21-,22-,23-,24-,25-,26-,27-,29-,30-,31+/m0/s1. The van der Waals surface area contributed by atoms with Crippen molar-refractivity contribution < 1.29 is 14.3 Å². The molecule has 0 aromatic heterocycles. The van der Waals surface area contributed by atoms with Crippen LogP contribution in [0, 0.1) is 40.4 Å². The first-order valence-electron chi connectivity index (χ1n) is 15.2. The van der Waals surface area contributed by atoms with Crippen molar-refractivity contribution in [1.29, 1.82) is 0 Å². The van der Waals surface area contributed by atoms with Crippen molar-refractivity contribution in [3.8, 4) is 0 Å². The first-order chi connectivity index (χ1) is 16.2. The second-order valence-corrected chi connectivity index (χ2v) is 20.6. The minimum Gasteiger partial charge on any atom is -0.414 e. The normalized spacial score (nSPS) is 48.1. The van der Waals surface area contributed by atoms with E-state index in [1.807, 2.05) is 0 Å². The van der Waals surface area contributed by atoms with Crippen LogP contribution in [0.2, 0.25) is 18.1 Å².